The van der Waals surface area contributed by atoms with Crippen LogP contribution in [0.4, 0.5) is 23.2 Å². The van der Waals surface area contributed by atoms with Crippen LogP contribution in [0.2, 0.25) is 0 Å². The summed E-state index contributed by atoms with van der Waals surface area (Å²) in [6.45, 7) is -2.33. The summed E-state index contributed by atoms with van der Waals surface area (Å²) in [7, 11) is 0. The maximum absolute atomic E-state index is 12.6. The van der Waals surface area contributed by atoms with Crippen molar-refractivity contribution in [3.8, 4) is 11.5 Å². The molecule has 2 aromatic carbocycles. The summed E-state index contributed by atoms with van der Waals surface area (Å²) < 4.78 is 58.4. The second kappa shape index (κ2) is 10.5. The third kappa shape index (κ3) is 6.51. The van der Waals surface area contributed by atoms with E-state index in [4.69, 9.17) is 0 Å². The molecule has 0 fully saturated rings. The number of aryl methyl sites for hydroxylation is 2. The van der Waals surface area contributed by atoms with E-state index in [-0.39, 0.29) is 17.1 Å². The predicted molar refractivity (Wildman–Crippen MR) is 103 cm³/mol. The standard InChI is InChI=1S/C21H21F4NO3/c1-3-13-6-5-7-14(4-2)19(13)26-18(27)11-9-15-8-10-16(28-20(22)23)12-17(15)29-21(24)25/h5-12,20-21H,3-4H2,1-2H3,(H,26,27)/b11-9+. The summed E-state index contributed by atoms with van der Waals surface area (Å²) in [5.74, 6) is -1.18. The van der Waals surface area contributed by atoms with E-state index in [0.29, 0.717) is 0 Å². The number of carbonyl (C=O) groups excluding carboxylic acids is 1. The van der Waals surface area contributed by atoms with Crippen LogP contribution in [0.1, 0.15) is 30.5 Å². The zero-order chi connectivity index (χ0) is 21.4. The smallest absolute Gasteiger partial charge is 0.387 e. The molecule has 0 unspecified atom stereocenters. The van der Waals surface area contributed by atoms with Gasteiger partial charge in [0.2, 0.25) is 5.91 Å². The SMILES string of the molecule is CCc1cccc(CC)c1NC(=O)/C=C/c1ccc(OC(F)F)cc1OC(F)F. The highest BCUT2D eigenvalue weighted by Crippen LogP contribution is 2.29. The largest absolute Gasteiger partial charge is 0.435 e. The Morgan fingerprint density at radius 2 is 1.62 bits per heavy atom. The number of alkyl halides is 4. The van der Waals surface area contributed by atoms with Crippen molar-refractivity contribution in [1.29, 1.82) is 0 Å². The number of benzene rings is 2. The van der Waals surface area contributed by atoms with E-state index >= 15 is 0 Å². The second-order valence-corrected chi connectivity index (χ2v) is 5.94. The fraction of sp³-hybridized carbons (Fsp3) is 0.286. The van der Waals surface area contributed by atoms with Crippen molar-refractivity contribution in [2.45, 2.75) is 39.9 Å². The molecule has 0 atom stereocenters. The molecule has 8 heteroatoms. The molecule has 0 saturated carbocycles. The molecule has 0 bridgehead atoms. The van der Waals surface area contributed by atoms with Crippen molar-refractivity contribution in [1.82, 2.24) is 0 Å². The minimum atomic E-state index is -3.17. The summed E-state index contributed by atoms with van der Waals surface area (Å²) in [5.41, 5.74) is 2.78. The van der Waals surface area contributed by atoms with Crippen LogP contribution in [0.15, 0.2) is 42.5 Å². The third-order valence-corrected chi connectivity index (χ3v) is 4.09. The van der Waals surface area contributed by atoms with Gasteiger partial charge in [-0.1, -0.05) is 32.0 Å². The van der Waals surface area contributed by atoms with E-state index in [1.54, 1.807) is 0 Å². The van der Waals surface area contributed by atoms with E-state index in [1.165, 1.54) is 18.2 Å². The molecular formula is C21H21F4NO3. The number of para-hydroxylation sites is 1. The van der Waals surface area contributed by atoms with Gasteiger partial charge in [0.1, 0.15) is 11.5 Å². The summed E-state index contributed by atoms with van der Waals surface area (Å²) >= 11 is 0. The fourth-order valence-electron chi connectivity index (χ4n) is 2.76. The number of rotatable bonds is 9. The molecule has 0 spiro atoms. The molecule has 2 rings (SSSR count). The van der Waals surface area contributed by atoms with E-state index in [0.717, 1.165) is 41.8 Å². The second-order valence-electron chi connectivity index (χ2n) is 5.94. The van der Waals surface area contributed by atoms with E-state index in [2.05, 4.69) is 14.8 Å². The highest BCUT2D eigenvalue weighted by Gasteiger charge is 2.13. The van der Waals surface area contributed by atoms with E-state index < -0.39 is 19.1 Å². The van der Waals surface area contributed by atoms with Crippen LogP contribution < -0.4 is 14.8 Å². The van der Waals surface area contributed by atoms with Gasteiger partial charge in [-0.15, -0.1) is 0 Å². The molecule has 4 nitrogen and oxygen atoms in total. The van der Waals surface area contributed by atoms with Crippen LogP contribution >= 0.6 is 0 Å². The fourth-order valence-corrected chi connectivity index (χ4v) is 2.76. The first kappa shape index (κ1) is 22.3. The number of ether oxygens (including phenoxy) is 2. The Labute approximate surface area is 166 Å². The first-order valence-electron chi connectivity index (χ1n) is 8.97. The van der Waals surface area contributed by atoms with Gasteiger partial charge in [-0.2, -0.15) is 17.6 Å². The molecule has 2 aromatic rings. The average molecular weight is 411 g/mol. The van der Waals surface area contributed by atoms with Gasteiger partial charge in [0.25, 0.3) is 0 Å². The van der Waals surface area contributed by atoms with E-state index in [9.17, 15) is 22.4 Å². The van der Waals surface area contributed by atoms with Gasteiger partial charge in [0.15, 0.2) is 0 Å². The molecule has 0 aromatic heterocycles. The monoisotopic (exact) mass is 411 g/mol. The highest BCUT2D eigenvalue weighted by molar-refractivity contribution is 6.03. The van der Waals surface area contributed by atoms with Crippen LogP contribution in [0.5, 0.6) is 11.5 Å². The van der Waals surface area contributed by atoms with Crippen LogP contribution in [0.3, 0.4) is 0 Å². The molecule has 0 aliphatic heterocycles. The van der Waals surface area contributed by atoms with Crippen molar-refractivity contribution in [2.24, 2.45) is 0 Å². The van der Waals surface area contributed by atoms with Gasteiger partial charge in [-0.25, -0.2) is 0 Å². The van der Waals surface area contributed by atoms with Crippen LogP contribution in [-0.2, 0) is 17.6 Å². The first-order chi connectivity index (χ1) is 13.8. The minimum absolute atomic E-state index is 0.113. The lowest BCUT2D eigenvalue weighted by Crippen LogP contribution is -2.12. The molecule has 0 heterocycles. The lowest BCUT2D eigenvalue weighted by atomic mass is 10.0. The Kier molecular flexibility index (Phi) is 8.06. The lowest BCUT2D eigenvalue weighted by Gasteiger charge is -2.13. The Balaban J connectivity index is 2.23. The third-order valence-electron chi connectivity index (χ3n) is 4.09. The molecular weight excluding hydrogens is 390 g/mol. The first-order valence-corrected chi connectivity index (χ1v) is 8.97. The van der Waals surface area contributed by atoms with Gasteiger partial charge in [0.05, 0.1) is 0 Å². The van der Waals surface area contributed by atoms with Crippen molar-refractivity contribution in [2.75, 3.05) is 5.32 Å². The molecule has 0 radical (unpaired) electrons. The maximum Gasteiger partial charge on any atom is 0.387 e. The van der Waals surface area contributed by atoms with E-state index in [1.807, 2.05) is 32.0 Å². The summed E-state index contributed by atoms with van der Waals surface area (Å²) in [6, 6.07) is 9.07. The van der Waals surface area contributed by atoms with Crippen molar-refractivity contribution < 1.29 is 31.8 Å². The minimum Gasteiger partial charge on any atom is -0.435 e. The maximum atomic E-state index is 12.6. The summed E-state index contributed by atoms with van der Waals surface area (Å²) in [4.78, 5) is 12.4. The summed E-state index contributed by atoms with van der Waals surface area (Å²) in [5, 5.41) is 2.81. The molecule has 0 aliphatic rings. The number of halogens is 4. The zero-order valence-corrected chi connectivity index (χ0v) is 15.9. The lowest BCUT2D eigenvalue weighted by molar-refractivity contribution is -0.111. The number of carbonyl (C=O) groups is 1. The molecule has 0 saturated heterocycles. The van der Waals surface area contributed by atoms with Crippen molar-refractivity contribution in [3.05, 3.63) is 59.2 Å². The van der Waals surface area contributed by atoms with Crippen LogP contribution in [0.25, 0.3) is 6.08 Å². The van der Waals surface area contributed by atoms with Gasteiger partial charge < -0.3 is 14.8 Å². The normalized spacial score (nSPS) is 11.3. The van der Waals surface area contributed by atoms with Crippen LogP contribution in [0, 0.1) is 0 Å². The Morgan fingerprint density at radius 3 is 2.17 bits per heavy atom. The summed E-state index contributed by atoms with van der Waals surface area (Å²) in [6.07, 6.45) is 3.88. The van der Waals surface area contributed by atoms with Crippen molar-refractivity contribution in [3.63, 3.8) is 0 Å². The van der Waals surface area contributed by atoms with Gasteiger partial charge in [-0.3, -0.25) is 4.79 Å². The number of amides is 1. The number of hydrogen-bond donors (Lipinski definition) is 1. The quantitative estimate of drug-likeness (QED) is 0.427. The molecule has 0 aliphatic carbocycles. The Hall–Kier alpha value is -3.03. The number of nitrogens with one attached hydrogen (secondary N) is 1. The predicted octanol–water partition coefficient (Wildman–Crippen LogP) is 5.67. The highest BCUT2D eigenvalue weighted by atomic mass is 19.3. The van der Waals surface area contributed by atoms with Gasteiger partial charge >= 0.3 is 13.2 Å². The Bertz CT molecular complexity index is 847. The number of hydrogen-bond acceptors (Lipinski definition) is 3. The van der Waals surface area contributed by atoms with Crippen molar-refractivity contribution >= 4 is 17.7 Å². The van der Waals surface area contributed by atoms with Crippen LogP contribution in [-0.4, -0.2) is 19.1 Å². The zero-order valence-electron chi connectivity index (χ0n) is 15.9. The molecule has 1 amide bonds. The molecule has 156 valence electrons. The van der Waals surface area contributed by atoms with Gasteiger partial charge in [-0.05, 0) is 42.2 Å². The number of anilines is 1. The average Bonchev–Trinajstić information content (AvgIpc) is 2.66. The molecule has 29 heavy (non-hydrogen) atoms. The molecule has 1 N–H and O–H groups in total. The van der Waals surface area contributed by atoms with Gasteiger partial charge in [0, 0.05) is 23.4 Å². The Morgan fingerprint density at radius 1 is 1.00 bits per heavy atom. The topological polar surface area (TPSA) is 47.6 Å².